The van der Waals surface area contributed by atoms with E-state index in [9.17, 15) is 0 Å². The van der Waals surface area contributed by atoms with Crippen LogP contribution < -0.4 is 10.7 Å². The zero-order valence-corrected chi connectivity index (χ0v) is 14.6. The molecule has 1 fully saturated rings. The van der Waals surface area contributed by atoms with Crippen molar-refractivity contribution in [2.45, 2.75) is 19.8 Å². The Bertz CT molecular complexity index is 501. The van der Waals surface area contributed by atoms with Gasteiger partial charge in [-0.3, -0.25) is 10.3 Å². The molecule has 1 aromatic carbocycles. The molecular weight excluding hydrogens is 308 g/mol. The Labute approximate surface area is 144 Å². The fourth-order valence-corrected chi connectivity index (χ4v) is 2.59. The van der Waals surface area contributed by atoms with Crippen LogP contribution in [0.25, 0.3) is 0 Å². The van der Waals surface area contributed by atoms with Crippen molar-refractivity contribution >= 4 is 23.0 Å². The lowest BCUT2D eigenvalue weighted by atomic mass is 10.1. The Balaban J connectivity index is 1.76. The number of hydrazone groups is 1. The Morgan fingerprint density at radius 3 is 2.70 bits per heavy atom. The maximum Gasteiger partial charge on any atom is 0.187 e. The van der Waals surface area contributed by atoms with Gasteiger partial charge in [0, 0.05) is 26.2 Å². The van der Waals surface area contributed by atoms with Crippen LogP contribution in [-0.4, -0.2) is 55.1 Å². The maximum atomic E-state index is 5.34. The zero-order chi connectivity index (χ0) is 16.3. The molecule has 0 spiro atoms. The van der Waals surface area contributed by atoms with E-state index in [2.05, 4.69) is 39.8 Å². The first-order valence-electron chi connectivity index (χ1n) is 8.25. The van der Waals surface area contributed by atoms with Crippen molar-refractivity contribution in [1.82, 2.24) is 15.6 Å². The summed E-state index contributed by atoms with van der Waals surface area (Å²) >= 11 is 5.30. The van der Waals surface area contributed by atoms with E-state index in [1.54, 1.807) is 0 Å². The predicted molar refractivity (Wildman–Crippen MR) is 98.9 cm³/mol. The van der Waals surface area contributed by atoms with Crippen molar-refractivity contribution in [3.05, 3.63) is 35.9 Å². The van der Waals surface area contributed by atoms with E-state index in [1.807, 2.05) is 18.2 Å². The highest BCUT2D eigenvalue weighted by atomic mass is 32.1. The largest absolute Gasteiger partial charge is 0.379 e. The lowest BCUT2D eigenvalue weighted by Crippen LogP contribution is -2.43. The Kier molecular flexibility index (Phi) is 8.00. The highest BCUT2D eigenvalue weighted by molar-refractivity contribution is 7.80. The van der Waals surface area contributed by atoms with Gasteiger partial charge in [-0.2, -0.15) is 5.10 Å². The van der Waals surface area contributed by atoms with Gasteiger partial charge in [-0.05, 0) is 24.2 Å². The van der Waals surface area contributed by atoms with Crippen LogP contribution in [0.1, 0.15) is 25.3 Å². The summed E-state index contributed by atoms with van der Waals surface area (Å²) in [6.07, 6.45) is 1.97. The van der Waals surface area contributed by atoms with E-state index in [4.69, 9.17) is 17.0 Å². The van der Waals surface area contributed by atoms with Crippen LogP contribution in [0.3, 0.4) is 0 Å². The molecule has 1 aromatic rings. The number of thiocarbonyl (C=S) groups is 1. The van der Waals surface area contributed by atoms with E-state index in [-0.39, 0.29) is 0 Å². The lowest BCUT2D eigenvalue weighted by Gasteiger charge is -2.26. The third-order valence-electron chi connectivity index (χ3n) is 3.70. The molecule has 0 aliphatic carbocycles. The first-order chi connectivity index (χ1) is 11.3. The molecule has 2 rings (SSSR count). The smallest absolute Gasteiger partial charge is 0.187 e. The van der Waals surface area contributed by atoms with E-state index >= 15 is 0 Å². The Morgan fingerprint density at radius 1 is 1.26 bits per heavy atom. The number of nitrogens with one attached hydrogen (secondary N) is 2. The second kappa shape index (κ2) is 10.3. The first-order valence-corrected chi connectivity index (χ1v) is 8.66. The highest BCUT2D eigenvalue weighted by Crippen LogP contribution is 2.05. The number of rotatable bonds is 7. The Hall–Kier alpha value is -1.50. The van der Waals surface area contributed by atoms with Crippen molar-refractivity contribution in [2.24, 2.45) is 5.10 Å². The van der Waals surface area contributed by atoms with Gasteiger partial charge < -0.3 is 10.1 Å². The van der Waals surface area contributed by atoms with E-state index in [1.165, 1.54) is 0 Å². The molecule has 2 N–H and O–H groups in total. The lowest BCUT2D eigenvalue weighted by molar-refractivity contribution is 0.0389. The van der Waals surface area contributed by atoms with Crippen LogP contribution in [0.5, 0.6) is 0 Å². The topological polar surface area (TPSA) is 48.9 Å². The van der Waals surface area contributed by atoms with Crippen LogP contribution in [0.2, 0.25) is 0 Å². The SMILES string of the molecule is CCC/C(=N/NC(=S)NCCN1CCOCC1)c1ccccc1. The number of hydrogen-bond acceptors (Lipinski definition) is 4. The molecule has 5 nitrogen and oxygen atoms in total. The average molecular weight is 334 g/mol. The fraction of sp³-hybridized carbons (Fsp3) is 0.529. The molecule has 126 valence electrons. The molecule has 1 saturated heterocycles. The number of ether oxygens (including phenoxy) is 1. The number of nitrogens with zero attached hydrogens (tertiary/aromatic N) is 2. The highest BCUT2D eigenvalue weighted by Gasteiger charge is 2.09. The van der Waals surface area contributed by atoms with Gasteiger partial charge in [0.2, 0.25) is 0 Å². The second-order valence-electron chi connectivity index (χ2n) is 5.50. The molecule has 1 aliphatic rings. The van der Waals surface area contributed by atoms with Gasteiger partial charge in [0.1, 0.15) is 0 Å². The molecular formula is C17H26N4OS. The second-order valence-corrected chi connectivity index (χ2v) is 5.90. The summed E-state index contributed by atoms with van der Waals surface area (Å²) < 4.78 is 5.34. The van der Waals surface area contributed by atoms with Crippen molar-refractivity contribution in [1.29, 1.82) is 0 Å². The molecule has 0 unspecified atom stereocenters. The summed E-state index contributed by atoms with van der Waals surface area (Å²) in [6, 6.07) is 10.2. The van der Waals surface area contributed by atoms with Gasteiger partial charge >= 0.3 is 0 Å². The van der Waals surface area contributed by atoms with Gasteiger partial charge in [0.15, 0.2) is 5.11 Å². The summed E-state index contributed by atoms with van der Waals surface area (Å²) in [5.74, 6) is 0. The zero-order valence-electron chi connectivity index (χ0n) is 13.8. The molecule has 0 bridgehead atoms. The van der Waals surface area contributed by atoms with Crippen LogP contribution in [0.15, 0.2) is 35.4 Å². The van der Waals surface area contributed by atoms with Crippen LogP contribution >= 0.6 is 12.2 Å². The molecule has 6 heteroatoms. The minimum atomic E-state index is 0.572. The average Bonchev–Trinajstić information content (AvgIpc) is 2.60. The summed E-state index contributed by atoms with van der Waals surface area (Å²) in [4.78, 5) is 2.37. The third kappa shape index (κ3) is 6.64. The molecule has 1 aliphatic heterocycles. The molecule has 0 aromatic heterocycles. The molecule has 23 heavy (non-hydrogen) atoms. The molecule has 0 radical (unpaired) electrons. The van der Waals surface area contributed by atoms with Gasteiger partial charge in [0.05, 0.1) is 18.9 Å². The van der Waals surface area contributed by atoms with Gasteiger partial charge in [-0.15, -0.1) is 0 Å². The molecule has 0 amide bonds. The van der Waals surface area contributed by atoms with Gasteiger partial charge in [0.25, 0.3) is 0 Å². The van der Waals surface area contributed by atoms with E-state index in [0.717, 1.165) is 63.5 Å². The fourth-order valence-electron chi connectivity index (χ4n) is 2.44. The molecule has 1 heterocycles. The molecule has 0 atom stereocenters. The number of morpholine rings is 1. The van der Waals surface area contributed by atoms with Gasteiger partial charge in [-0.1, -0.05) is 43.7 Å². The van der Waals surface area contributed by atoms with Crippen molar-refractivity contribution in [3.63, 3.8) is 0 Å². The number of hydrogen-bond donors (Lipinski definition) is 2. The minimum Gasteiger partial charge on any atom is -0.379 e. The standard InChI is InChI=1S/C17H26N4OS/c1-2-6-16(15-7-4-3-5-8-15)19-20-17(23)18-9-10-21-11-13-22-14-12-21/h3-5,7-8H,2,6,9-14H2,1H3,(H2,18,20,23)/b19-16-. The van der Waals surface area contributed by atoms with Crippen LogP contribution in [0, 0.1) is 0 Å². The summed E-state index contributed by atoms with van der Waals surface area (Å²) in [5.41, 5.74) is 5.14. The summed E-state index contributed by atoms with van der Waals surface area (Å²) in [7, 11) is 0. The molecule has 0 saturated carbocycles. The summed E-state index contributed by atoms with van der Waals surface area (Å²) in [5, 5.41) is 8.26. The minimum absolute atomic E-state index is 0.572. The number of benzene rings is 1. The maximum absolute atomic E-state index is 5.34. The monoisotopic (exact) mass is 334 g/mol. The van der Waals surface area contributed by atoms with Crippen LogP contribution in [-0.2, 0) is 4.74 Å². The van der Waals surface area contributed by atoms with Crippen LogP contribution in [0.4, 0.5) is 0 Å². The van der Waals surface area contributed by atoms with Gasteiger partial charge in [-0.25, -0.2) is 0 Å². The van der Waals surface area contributed by atoms with Crippen molar-refractivity contribution in [3.8, 4) is 0 Å². The predicted octanol–water partition coefficient (Wildman–Crippen LogP) is 1.99. The van der Waals surface area contributed by atoms with E-state index in [0.29, 0.717) is 5.11 Å². The third-order valence-corrected chi connectivity index (χ3v) is 3.94. The van der Waals surface area contributed by atoms with Crippen molar-refractivity contribution in [2.75, 3.05) is 39.4 Å². The van der Waals surface area contributed by atoms with Crippen molar-refractivity contribution < 1.29 is 4.74 Å². The quantitative estimate of drug-likeness (QED) is 0.454. The van der Waals surface area contributed by atoms with E-state index < -0.39 is 0 Å². The summed E-state index contributed by atoms with van der Waals surface area (Å²) in [6.45, 7) is 7.57. The normalized spacial score (nSPS) is 16.1. The Morgan fingerprint density at radius 2 is 2.00 bits per heavy atom. The first kappa shape index (κ1) is 17.8.